The van der Waals surface area contributed by atoms with Crippen molar-refractivity contribution < 1.29 is 4.74 Å². The van der Waals surface area contributed by atoms with E-state index in [9.17, 15) is 0 Å². The molecule has 0 aliphatic heterocycles. The van der Waals surface area contributed by atoms with Crippen LogP contribution in [0.1, 0.15) is 19.5 Å². The van der Waals surface area contributed by atoms with Gasteiger partial charge in [-0.2, -0.15) is 0 Å². The fourth-order valence-corrected chi connectivity index (χ4v) is 0.967. The lowest BCUT2D eigenvalue weighted by molar-refractivity contribution is 0.0870. The molecule has 1 aromatic heterocycles. The first-order valence-corrected chi connectivity index (χ1v) is 4.55. The van der Waals surface area contributed by atoms with Gasteiger partial charge in [0, 0.05) is 18.4 Å². The summed E-state index contributed by atoms with van der Waals surface area (Å²) in [6.45, 7) is 7.51. The first-order valence-electron chi connectivity index (χ1n) is 4.55. The minimum Gasteiger partial charge on any atom is -0.377 e. The van der Waals surface area contributed by atoms with Gasteiger partial charge in [-0.3, -0.25) is 0 Å². The molecule has 0 fully saturated rings. The fourth-order valence-electron chi connectivity index (χ4n) is 0.967. The smallest absolute Gasteiger partial charge is 0.200 e. The average molecular weight is 183 g/mol. The Morgan fingerprint density at radius 2 is 2.38 bits per heavy atom. The van der Waals surface area contributed by atoms with Gasteiger partial charge >= 0.3 is 0 Å². The lowest BCUT2D eigenvalue weighted by Gasteiger charge is -2.07. The molecule has 1 heterocycles. The van der Waals surface area contributed by atoms with Gasteiger partial charge in [0.2, 0.25) is 0 Å². The van der Waals surface area contributed by atoms with Gasteiger partial charge in [-0.25, -0.2) is 4.98 Å². The van der Waals surface area contributed by atoms with Crippen molar-refractivity contribution in [2.45, 2.75) is 26.9 Å². The third-order valence-corrected chi connectivity index (χ3v) is 1.55. The molecule has 0 bridgehead atoms. The van der Waals surface area contributed by atoms with Gasteiger partial charge in [0.25, 0.3) is 0 Å². The molecule has 1 aromatic rings. The Morgan fingerprint density at radius 1 is 1.62 bits per heavy atom. The number of H-pyrrole nitrogens is 1. The maximum Gasteiger partial charge on any atom is 0.200 e. The number of aromatic amines is 1. The molecule has 0 radical (unpaired) electrons. The van der Waals surface area contributed by atoms with E-state index in [4.69, 9.17) is 4.74 Å². The lowest BCUT2D eigenvalue weighted by atomic mass is 10.5. The minimum absolute atomic E-state index is 0.292. The predicted molar refractivity (Wildman–Crippen MR) is 52.9 cm³/mol. The topological polar surface area (TPSA) is 49.9 Å². The molecule has 0 aliphatic carbocycles. The van der Waals surface area contributed by atoms with Crippen LogP contribution in [-0.2, 0) is 4.74 Å². The third kappa shape index (κ3) is 3.94. The average Bonchev–Trinajstić information content (AvgIpc) is 2.45. The Labute approximate surface area is 78.7 Å². The Bertz CT molecular complexity index is 245. The number of nitrogens with zero attached hydrogens (tertiary/aromatic N) is 1. The van der Waals surface area contributed by atoms with Crippen LogP contribution in [0.3, 0.4) is 0 Å². The Balaban J connectivity index is 2.13. The summed E-state index contributed by atoms with van der Waals surface area (Å²) in [5.41, 5.74) is 1.06. The largest absolute Gasteiger partial charge is 0.377 e. The SMILES string of the molecule is Cc1cnc(NCCOC(C)C)[nH]1. The molecule has 74 valence electrons. The summed E-state index contributed by atoms with van der Waals surface area (Å²) in [6.07, 6.45) is 2.09. The monoisotopic (exact) mass is 183 g/mol. The zero-order chi connectivity index (χ0) is 9.68. The normalized spacial score (nSPS) is 10.8. The van der Waals surface area contributed by atoms with Crippen molar-refractivity contribution in [3.63, 3.8) is 0 Å². The second-order valence-corrected chi connectivity index (χ2v) is 3.26. The number of nitrogens with one attached hydrogen (secondary N) is 2. The van der Waals surface area contributed by atoms with Crippen LogP contribution >= 0.6 is 0 Å². The number of anilines is 1. The van der Waals surface area contributed by atoms with E-state index in [1.165, 1.54) is 0 Å². The standard InChI is InChI=1S/C9H17N3O/c1-7(2)13-5-4-10-9-11-6-8(3)12-9/h6-7H,4-5H2,1-3H3,(H2,10,11,12). The molecule has 4 heteroatoms. The van der Waals surface area contributed by atoms with Crippen LogP contribution in [0.5, 0.6) is 0 Å². The first-order chi connectivity index (χ1) is 6.18. The van der Waals surface area contributed by atoms with E-state index in [1.54, 1.807) is 6.20 Å². The van der Waals surface area contributed by atoms with Crippen molar-refractivity contribution in [1.29, 1.82) is 0 Å². The number of imidazole rings is 1. The van der Waals surface area contributed by atoms with Gasteiger partial charge in [-0.15, -0.1) is 0 Å². The van der Waals surface area contributed by atoms with E-state index in [-0.39, 0.29) is 0 Å². The minimum atomic E-state index is 0.292. The second-order valence-electron chi connectivity index (χ2n) is 3.26. The van der Waals surface area contributed by atoms with Crippen molar-refractivity contribution in [1.82, 2.24) is 9.97 Å². The van der Waals surface area contributed by atoms with Crippen molar-refractivity contribution >= 4 is 5.95 Å². The van der Waals surface area contributed by atoms with Crippen LogP contribution in [0.15, 0.2) is 6.20 Å². The summed E-state index contributed by atoms with van der Waals surface area (Å²) in [4.78, 5) is 7.20. The Morgan fingerprint density at radius 3 is 2.92 bits per heavy atom. The highest BCUT2D eigenvalue weighted by molar-refractivity contribution is 5.25. The molecule has 0 saturated carbocycles. The van der Waals surface area contributed by atoms with Gasteiger partial charge in [0.05, 0.1) is 12.7 Å². The zero-order valence-corrected chi connectivity index (χ0v) is 8.42. The molecule has 0 aromatic carbocycles. The number of aryl methyl sites for hydroxylation is 1. The number of hydrogen-bond acceptors (Lipinski definition) is 3. The molecule has 2 N–H and O–H groups in total. The molecule has 0 aliphatic rings. The Hall–Kier alpha value is -1.03. The van der Waals surface area contributed by atoms with Crippen LogP contribution in [0.25, 0.3) is 0 Å². The van der Waals surface area contributed by atoms with Crippen molar-refractivity contribution in [3.05, 3.63) is 11.9 Å². The summed E-state index contributed by atoms with van der Waals surface area (Å²) in [6, 6.07) is 0. The zero-order valence-electron chi connectivity index (χ0n) is 8.42. The van der Waals surface area contributed by atoms with Gasteiger partial charge in [0.15, 0.2) is 5.95 Å². The summed E-state index contributed by atoms with van der Waals surface area (Å²) < 4.78 is 5.37. The second kappa shape index (κ2) is 4.87. The van der Waals surface area contributed by atoms with E-state index in [0.29, 0.717) is 12.7 Å². The molecular formula is C9H17N3O. The van der Waals surface area contributed by atoms with Gasteiger partial charge < -0.3 is 15.0 Å². The lowest BCUT2D eigenvalue weighted by Crippen LogP contribution is -2.13. The van der Waals surface area contributed by atoms with Gasteiger partial charge in [0.1, 0.15) is 0 Å². The first kappa shape index (κ1) is 10.1. The summed E-state index contributed by atoms with van der Waals surface area (Å²) in [7, 11) is 0. The van der Waals surface area contributed by atoms with Gasteiger partial charge in [-0.1, -0.05) is 0 Å². The number of ether oxygens (including phenoxy) is 1. The molecule has 4 nitrogen and oxygen atoms in total. The molecule has 0 saturated heterocycles. The van der Waals surface area contributed by atoms with E-state index < -0.39 is 0 Å². The maximum atomic E-state index is 5.37. The number of rotatable bonds is 5. The molecule has 0 unspecified atom stereocenters. The summed E-state index contributed by atoms with van der Waals surface area (Å²) >= 11 is 0. The quantitative estimate of drug-likeness (QED) is 0.681. The Kier molecular flexibility index (Phi) is 3.76. The molecule has 1 rings (SSSR count). The predicted octanol–water partition coefficient (Wildman–Crippen LogP) is 1.56. The van der Waals surface area contributed by atoms with Crippen molar-refractivity contribution in [2.75, 3.05) is 18.5 Å². The maximum absolute atomic E-state index is 5.37. The van der Waals surface area contributed by atoms with E-state index in [2.05, 4.69) is 15.3 Å². The van der Waals surface area contributed by atoms with Crippen LogP contribution in [0.2, 0.25) is 0 Å². The molecule has 0 amide bonds. The molecule has 13 heavy (non-hydrogen) atoms. The number of aromatic nitrogens is 2. The molecule has 0 spiro atoms. The summed E-state index contributed by atoms with van der Waals surface area (Å²) in [5.74, 6) is 0.810. The highest BCUT2D eigenvalue weighted by Gasteiger charge is 1.96. The number of hydrogen-bond donors (Lipinski definition) is 2. The fraction of sp³-hybridized carbons (Fsp3) is 0.667. The van der Waals surface area contributed by atoms with Crippen LogP contribution in [0, 0.1) is 6.92 Å². The van der Waals surface area contributed by atoms with E-state index in [1.807, 2.05) is 20.8 Å². The van der Waals surface area contributed by atoms with Crippen LogP contribution < -0.4 is 5.32 Å². The van der Waals surface area contributed by atoms with Crippen molar-refractivity contribution in [2.24, 2.45) is 0 Å². The third-order valence-electron chi connectivity index (χ3n) is 1.55. The molecule has 0 atom stereocenters. The van der Waals surface area contributed by atoms with Gasteiger partial charge in [-0.05, 0) is 20.8 Å². The highest BCUT2D eigenvalue weighted by atomic mass is 16.5. The van der Waals surface area contributed by atoms with Crippen molar-refractivity contribution in [3.8, 4) is 0 Å². The summed E-state index contributed by atoms with van der Waals surface area (Å²) in [5, 5.41) is 3.13. The van der Waals surface area contributed by atoms with E-state index in [0.717, 1.165) is 18.2 Å². The highest BCUT2D eigenvalue weighted by Crippen LogP contribution is 1.99. The van der Waals surface area contributed by atoms with E-state index >= 15 is 0 Å². The molecular weight excluding hydrogens is 166 g/mol. The van der Waals surface area contributed by atoms with Crippen LogP contribution in [0.4, 0.5) is 5.95 Å². The van der Waals surface area contributed by atoms with Crippen LogP contribution in [-0.4, -0.2) is 29.2 Å².